The molecule has 1 aliphatic heterocycles. The largest absolute Gasteiger partial charge is 0.398 e. The minimum absolute atomic E-state index is 0.0198. The molecule has 1 heterocycles. The third-order valence-electron chi connectivity index (χ3n) is 3.20. The summed E-state index contributed by atoms with van der Waals surface area (Å²) in [6.45, 7) is 2.61. The van der Waals surface area contributed by atoms with Crippen molar-refractivity contribution in [2.45, 2.75) is 30.3 Å². The van der Waals surface area contributed by atoms with Crippen molar-refractivity contribution in [3.63, 3.8) is 0 Å². The third-order valence-corrected chi connectivity index (χ3v) is 4.66. The van der Waals surface area contributed by atoms with Gasteiger partial charge in [-0.2, -0.15) is 0 Å². The average molecular weight is 288 g/mol. The number of rotatable bonds is 4. The van der Waals surface area contributed by atoms with Crippen molar-refractivity contribution in [3.05, 3.63) is 24.0 Å². The number of nitrogens with one attached hydrogen (secondary N) is 1. The highest BCUT2D eigenvalue weighted by atomic mass is 32.2. The van der Waals surface area contributed by atoms with Crippen molar-refractivity contribution in [3.8, 4) is 0 Å². The first-order valence-electron chi connectivity index (χ1n) is 6.01. The Bertz CT molecular complexity index is 568. The lowest BCUT2D eigenvalue weighted by Crippen LogP contribution is -2.40. The van der Waals surface area contributed by atoms with Crippen LogP contribution in [0.3, 0.4) is 0 Å². The maximum absolute atomic E-state index is 13.1. The molecule has 0 bridgehead atoms. The molecular formula is C12H17FN2O3S. The van der Waals surface area contributed by atoms with Crippen LogP contribution in [-0.2, 0) is 14.8 Å². The molecule has 1 atom stereocenters. The minimum atomic E-state index is -3.83. The molecule has 1 aliphatic rings. The first-order chi connectivity index (χ1) is 8.82. The van der Waals surface area contributed by atoms with Crippen molar-refractivity contribution in [1.29, 1.82) is 0 Å². The summed E-state index contributed by atoms with van der Waals surface area (Å²) in [5.41, 5.74) is 5.09. The van der Waals surface area contributed by atoms with Gasteiger partial charge in [-0.05, 0) is 38.0 Å². The second-order valence-electron chi connectivity index (χ2n) is 4.91. The van der Waals surface area contributed by atoms with Crippen molar-refractivity contribution < 1.29 is 17.5 Å². The van der Waals surface area contributed by atoms with Crippen LogP contribution < -0.4 is 10.5 Å². The number of anilines is 1. The fourth-order valence-electron chi connectivity index (χ4n) is 2.04. The van der Waals surface area contributed by atoms with Crippen LogP contribution in [0.1, 0.15) is 19.8 Å². The van der Waals surface area contributed by atoms with E-state index < -0.39 is 21.4 Å². The molecule has 0 amide bonds. The van der Waals surface area contributed by atoms with Crippen LogP contribution >= 0.6 is 0 Å². The van der Waals surface area contributed by atoms with Crippen molar-refractivity contribution in [2.75, 3.05) is 18.9 Å². The van der Waals surface area contributed by atoms with E-state index in [-0.39, 0.29) is 17.1 Å². The molecule has 0 radical (unpaired) electrons. The smallest absolute Gasteiger partial charge is 0.242 e. The van der Waals surface area contributed by atoms with Crippen LogP contribution in [0.5, 0.6) is 0 Å². The Morgan fingerprint density at radius 1 is 1.53 bits per heavy atom. The van der Waals surface area contributed by atoms with Crippen LogP contribution in [0.25, 0.3) is 0 Å². The first-order valence-corrected chi connectivity index (χ1v) is 7.49. The summed E-state index contributed by atoms with van der Waals surface area (Å²) in [5.74, 6) is -0.641. The summed E-state index contributed by atoms with van der Waals surface area (Å²) in [5, 5.41) is 0. The molecule has 1 fully saturated rings. The molecule has 106 valence electrons. The maximum atomic E-state index is 13.1. The fourth-order valence-corrected chi connectivity index (χ4v) is 3.34. The zero-order chi connectivity index (χ0) is 14.1. The normalized spacial score (nSPS) is 23.7. The summed E-state index contributed by atoms with van der Waals surface area (Å²) in [7, 11) is -3.83. The van der Waals surface area contributed by atoms with Gasteiger partial charge in [-0.25, -0.2) is 17.5 Å². The standard InChI is InChI=1S/C12H17FN2O3S/c1-12(5-2-6-18-12)8-15-19(16,17)11-7-9(13)3-4-10(11)14/h3-4,7,15H,2,5-6,8,14H2,1H3. The number of benzene rings is 1. The molecule has 1 aromatic rings. The molecule has 19 heavy (non-hydrogen) atoms. The second kappa shape index (κ2) is 5.07. The number of hydrogen-bond donors (Lipinski definition) is 2. The Morgan fingerprint density at radius 3 is 2.89 bits per heavy atom. The lowest BCUT2D eigenvalue weighted by molar-refractivity contribution is 0.0250. The molecule has 0 spiro atoms. The molecule has 1 aromatic carbocycles. The summed E-state index contributed by atoms with van der Waals surface area (Å²) in [6.07, 6.45) is 1.69. The van der Waals surface area contributed by atoms with Crippen LogP contribution in [0.2, 0.25) is 0 Å². The van der Waals surface area contributed by atoms with Crippen LogP contribution in [0.15, 0.2) is 23.1 Å². The summed E-state index contributed by atoms with van der Waals surface area (Å²) >= 11 is 0. The van der Waals surface area contributed by atoms with E-state index in [0.29, 0.717) is 6.61 Å². The number of sulfonamides is 1. The van der Waals surface area contributed by atoms with Crippen molar-refractivity contribution >= 4 is 15.7 Å². The summed E-state index contributed by atoms with van der Waals surface area (Å²) in [4.78, 5) is -0.242. The van der Waals surface area contributed by atoms with Crippen LogP contribution in [0, 0.1) is 5.82 Å². The predicted molar refractivity (Wildman–Crippen MR) is 69.6 cm³/mol. The lowest BCUT2D eigenvalue weighted by Gasteiger charge is -2.23. The van der Waals surface area contributed by atoms with Gasteiger partial charge in [0, 0.05) is 13.2 Å². The van der Waals surface area contributed by atoms with E-state index in [1.165, 1.54) is 6.07 Å². The fraction of sp³-hybridized carbons (Fsp3) is 0.500. The molecule has 3 N–H and O–H groups in total. The monoisotopic (exact) mass is 288 g/mol. The van der Waals surface area contributed by atoms with E-state index in [4.69, 9.17) is 10.5 Å². The van der Waals surface area contributed by atoms with E-state index >= 15 is 0 Å². The molecule has 0 saturated carbocycles. The number of hydrogen-bond acceptors (Lipinski definition) is 4. The average Bonchev–Trinajstić information content (AvgIpc) is 2.78. The molecule has 2 rings (SSSR count). The highest BCUT2D eigenvalue weighted by molar-refractivity contribution is 7.89. The van der Waals surface area contributed by atoms with Gasteiger partial charge >= 0.3 is 0 Å². The van der Waals surface area contributed by atoms with Gasteiger partial charge < -0.3 is 10.5 Å². The Morgan fingerprint density at radius 2 is 2.26 bits per heavy atom. The minimum Gasteiger partial charge on any atom is -0.398 e. The van der Waals surface area contributed by atoms with Gasteiger partial charge in [0.1, 0.15) is 10.7 Å². The van der Waals surface area contributed by atoms with Gasteiger partial charge in [-0.15, -0.1) is 0 Å². The highest BCUT2D eigenvalue weighted by Gasteiger charge is 2.31. The van der Waals surface area contributed by atoms with Gasteiger partial charge in [-0.1, -0.05) is 0 Å². The zero-order valence-corrected chi connectivity index (χ0v) is 11.5. The molecular weight excluding hydrogens is 271 g/mol. The number of halogens is 1. The number of nitrogen functional groups attached to an aromatic ring is 1. The molecule has 7 heteroatoms. The Balaban J connectivity index is 2.16. The van der Waals surface area contributed by atoms with Crippen LogP contribution in [-0.4, -0.2) is 27.2 Å². The topological polar surface area (TPSA) is 81.4 Å². The highest BCUT2D eigenvalue weighted by Crippen LogP contribution is 2.25. The Kier molecular flexibility index (Phi) is 3.80. The molecule has 0 aromatic heterocycles. The number of nitrogens with two attached hydrogens (primary N) is 1. The lowest BCUT2D eigenvalue weighted by atomic mass is 10.0. The third kappa shape index (κ3) is 3.23. The zero-order valence-electron chi connectivity index (χ0n) is 10.6. The van der Waals surface area contributed by atoms with E-state index in [9.17, 15) is 12.8 Å². The van der Waals surface area contributed by atoms with Gasteiger partial charge in [0.15, 0.2) is 0 Å². The maximum Gasteiger partial charge on any atom is 0.242 e. The van der Waals surface area contributed by atoms with Gasteiger partial charge in [0.2, 0.25) is 10.0 Å². The SMILES string of the molecule is CC1(CNS(=O)(=O)c2cc(F)ccc2N)CCCO1. The molecule has 1 unspecified atom stereocenters. The van der Waals surface area contributed by atoms with E-state index in [2.05, 4.69) is 4.72 Å². The van der Waals surface area contributed by atoms with Gasteiger partial charge in [0.05, 0.1) is 11.3 Å². The predicted octanol–water partition coefficient (Wildman–Crippen LogP) is 1.26. The first kappa shape index (κ1) is 14.2. The summed E-state index contributed by atoms with van der Waals surface area (Å²) in [6, 6.07) is 3.27. The van der Waals surface area contributed by atoms with Crippen molar-refractivity contribution in [1.82, 2.24) is 4.72 Å². The van der Waals surface area contributed by atoms with Gasteiger partial charge in [-0.3, -0.25) is 0 Å². The molecule has 5 nitrogen and oxygen atoms in total. The van der Waals surface area contributed by atoms with Crippen molar-refractivity contribution in [2.24, 2.45) is 0 Å². The van der Waals surface area contributed by atoms with E-state index in [1.54, 1.807) is 0 Å². The van der Waals surface area contributed by atoms with Crippen LogP contribution in [0.4, 0.5) is 10.1 Å². The summed E-state index contributed by atoms with van der Waals surface area (Å²) < 4.78 is 45.2. The quantitative estimate of drug-likeness (QED) is 0.817. The Labute approximate surface area is 112 Å². The van der Waals surface area contributed by atoms with E-state index in [0.717, 1.165) is 25.0 Å². The van der Waals surface area contributed by atoms with E-state index in [1.807, 2.05) is 6.92 Å². The number of ether oxygens (including phenoxy) is 1. The molecule has 1 saturated heterocycles. The Hall–Kier alpha value is -1.18. The van der Waals surface area contributed by atoms with Gasteiger partial charge in [0.25, 0.3) is 0 Å². The molecule has 0 aliphatic carbocycles. The second-order valence-corrected chi connectivity index (χ2v) is 6.64.